The first-order valence-corrected chi connectivity index (χ1v) is 8.18. The Hall–Kier alpha value is -1.99. The highest BCUT2D eigenvalue weighted by atomic mass is 19.1. The monoisotopic (exact) mass is 324 g/mol. The topological polar surface area (TPSA) is 99.2 Å². The van der Waals surface area contributed by atoms with Gasteiger partial charge in [-0.05, 0) is 31.6 Å². The number of rotatable bonds is 4. The second-order valence-corrected chi connectivity index (χ2v) is 6.35. The first-order valence-electron chi connectivity index (χ1n) is 8.18. The number of alkyl halides is 1. The third-order valence-electron chi connectivity index (χ3n) is 4.93. The summed E-state index contributed by atoms with van der Waals surface area (Å²) in [7, 11) is 0. The van der Waals surface area contributed by atoms with Crippen molar-refractivity contribution in [1.82, 2.24) is 20.3 Å². The van der Waals surface area contributed by atoms with Crippen LogP contribution in [-0.4, -0.2) is 50.0 Å². The normalized spacial score (nSPS) is 23.9. The molecule has 7 nitrogen and oxygen atoms in total. The van der Waals surface area contributed by atoms with E-state index in [1.165, 1.54) is 4.90 Å². The van der Waals surface area contributed by atoms with Crippen molar-refractivity contribution in [2.24, 2.45) is 5.92 Å². The Morgan fingerprint density at radius 3 is 2.61 bits per heavy atom. The molecule has 126 valence electrons. The fourth-order valence-corrected chi connectivity index (χ4v) is 3.73. The molecule has 1 aromatic heterocycles. The maximum atomic E-state index is 14.7. The molecule has 1 aliphatic heterocycles. The van der Waals surface area contributed by atoms with Gasteiger partial charge in [-0.3, -0.25) is 4.79 Å². The van der Waals surface area contributed by atoms with Crippen molar-refractivity contribution in [3.8, 4) is 0 Å². The number of carboxylic acids is 1. The lowest BCUT2D eigenvalue weighted by atomic mass is 9.85. The maximum absolute atomic E-state index is 14.7. The summed E-state index contributed by atoms with van der Waals surface area (Å²) in [6.07, 6.45) is 4.31. The van der Waals surface area contributed by atoms with Crippen molar-refractivity contribution in [3.63, 3.8) is 0 Å². The van der Waals surface area contributed by atoms with Crippen LogP contribution in [0.4, 0.5) is 4.39 Å². The fourth-order valence-electron chi connectivity index (χ4n) is 3.73. The van der Waals surface area contributed by atoms with Gasteiger partial charge in [0.1, 0.15) is 5.69 Å². The van der Waals surface area contributed by atoms with Crippen molar-refractivity contribution in [2.45, 2.75) is 57.2 Å². The highest BCUT2D eigenvalue weighted by molar-refractivity contribution is 5.87. The summed E-state index contributed by atoms with van der Waals surface area (Å²) < 4.78 is 14.7. The van der Waals surface area contributed by atoms with E-state index < -0.39 is 24.1 Å². The summed E-state index contributed by atoms with van der Waals surface area (Å²) in [6, 6.07) is -0.505. The van der Waals surface area contributed by atoms with Crippen LogP contribution >= 0.6 is 0 Å². The first kappa shape index (κ1) is 15.9. The number of carbonyl (C=O) groups is 2. The van der Waals surface area contributed by atoms with E-state index in [1.54, 1.807) is 0 Å². The molecule has 1 aromatic rings. The van der Waals surface area contributed by atoms with Crippen LogP contribution in [0, 0.1) is 5.92 Å². The predicted octanol–water partition coefficient (Wildman–Crippen LogP) is 2.08. The summed E-state index contributed by atoms with van der Waals surface area (Å²) >= 11 is 0. The van der Waals surface area contributed by atoms with Crippen LogP contribution in [0.15, 0.2) is 0 Å². The molecular weight excluding hydrogens is 303 g/mol. The fraction of sp³-hybridized carbons (Fsp3) is 0.733. The molecule has 0 spiro atoms. The third kappa shape index (κ3) is 3.07. The van der Waals surface area contributed by atoms with E-state index in [-0.39, 0.29) is 17.3 Å². The van der Waals surface area contributed by atoms with Crippen LogP contribution in [0.2, 0.25) is 0 Å². The van der Waals surface area contributed by atoms with E-state index in [0.717, 1.165) is 32.1 Å². The van der Waals surface area contributed by atoms with Crippen molar-refractivity contribution < 1.29 is 19.1 Å². The van der Waals surface area contributed by atoms with Crippen molar-refractivity contribution in [2.75, 3.05) is 6.54 Å². The Bertz CT molecular complexity index is 585. The molecule has 0 aromatic carbocycles. The van der Waals surface area contributed by atoms with Crippen LogP contribution in [-0.2, 0) is 4.79 Å². The summed E-state index contributed by atoms with van der Waals surface area (Å²) in [5.74, 6) is -1.94. The first-order chi connectivity index (χ1) is 11.1. The van der Waals surface area contributed by atoms with Crippen LogP contribution < -0.4 is 0 Å². The molecule has 1 saturated heterocycles. The van der Waals surface area contributed by atoms with Gasteiger partial charge in [0, 0.05) is 6.54 Å². The van der Waals surface area contributed by atoms with Crippen LogP contribution in [0.25, 0.3) is 0 Å². The average Bonchev–Trinajstić information content (AvgIpc) is 3.22. The average molecular weight is 324 g/mol. The van der Waals surface area contributed by atoms with Crippen molar-refractivity contribution >= 4 is 11.9 Å². The Labute approximate surface area is 133 Å². The number of aromatic nitrogens is 3. The Morgan fingerprint density at radius 2 is 1.91 bits per heavy atom. The second kappa shape index (κ2) is 6.64. The van der Waals surface area contributed by atoms with Gasteiger partial charge in [-0.15, -0.1) is 5.10 Å². The number of likely N-dealkylation sites (tertiary alicyclic amines) is 1. The molecule has 1 saturated carbocycles. The molecule has 0 bridgehead atoms. The van der Waals surface area contributed by atoms with Gasteiger partial charge >= 0.3 is 5.97 Å². The van der Waals surface area contributed by atoms with Gasteiger partial charge in [0.25, 0.3) is 5.91 Å². The van der Waals surface area contributed by atoms with Gasteiger partial charge in [-0.1, -0.05) is 19.3 Å². The Kier molecular flexibility index (Phi) is 4.58. The van der Waals surface area contributed by atoms with Crippen LogP contribution in [0.3, 0.4) is 0 Å². The molecule has 2 aliphatic rings. The molecule has 2 fully saturated rings. The van der Waals surface area contributed by atoms with E-state index in [4.69, 9.17) is 5.11 Å². The number of hydrogen-bond acceptors (Lipinski definition) is 4. The summed E-state index contributed by atoms with van der Waals surface area (Å²) in [5, 5.41) is 19.0. The minimum atomic E-state index is -1.50. The molecule has 3 rings (SSSR count). The maximum Gasteiger partial charge on any atom is 0.358 e. The van der Waals surface area contributed by atoms with Gasteiger partial charge in [0.05, 0.1) is 6.04 Å². The number of carboxylic acid groups (broad SMARTS) is 1. The zero-order valence-corrected chi connectivity index (χ0v) is 12.9. The SMILES string of the molecule is O=C(O)c1n[nH]nc1C1CCCN1C(=O)C(F)C1CCCCC1. The molecule has 23 heavy (non-hydrogen) atoms. The zero-order valence-electron chi connectivity index (χ0n) is 12.9. The van der Waals surface area contributed by atoms with Crippen molar-refractivity contribution in [3.05, 3.63) is 11.4 Å². The zero-order chi connectivity index (χ0) is 16.4. The summed E-state index contributed by atoms with van der Waals surface area (Å²) in [4.78, 5) is 25.2. The Morgan fingerprint density at radius 1 is 1.17 bits per heavy atom. The Balaban J connectivity index is 1.76. The second-order valence-electron chi connectivity index (χ2n) is 6.35. The lowest BCUT2D eigenvalue weighted by molar-refractivity contribution is -0.140. The molecule has 2 unspecified atom stereocenters. The number of H-pyrrole nitrogens is 1. The third-order valence-corrected chi connectivity index (χ3v) is 4.93. The van der Waals surface area contributed by atoms with Crippen LogP contribution in [0.5, 0.6) is 0 Å². The van der Waals surface area contributed by atoms with E-state index in [0.29, 0.717) is 19.4 Å². The van der Waals surface area contributed by atoms with Crippen LogP contribution in [0.1, 0.15) is 67.2 Å². The number of halogens is 1. The number of nitrogens with one attached hydrogen (secondary N) is 1. The number of carbonyl (C=O) groups excluding carboxylic acids is 1. The number of nitrogens with zero attached hydrogens (tertiary/aromatic N) is 3. The molecule has 2 N–H and O–H groups in total. The highest BCUT2D eigenvalue weighted by Crippen LogP contribution is 2.35. The largest absolute Gasteiger partial charge is 0.476 e. The minimum absolute atomic E-state index is 0.192. The van der Waals surface area contributed by atoms with Gasteiger partial charge in [0.15, 0.2) is 11.9 Å². The lowest BCUT2D eigenvalue weighted by Crippen LogP contribution is -2.41. The van der Waals surface area contributed by atoms with E-state index in [1.807, 2.05) is 0 Å². The van der Waals surface area contributed by atoms with Gasteiger partial charge in [0.2, 0.25) is 0 Å². The lowest BCUT2D eigenvalue weighted by Gasteiger charge is -2.30. The molecule has 1 aliphatic carbocycles. The predicted molar refractivity (Wildman–Crippen MR) is 78.5 cm³/mol. The number of aromatic amines is 1. The summed E-state index contributed by atoms with van der Waals surface area (Å²) in [5.41, 5.74) is 0.0296. The standard InChI is InChI=1S/C15H21FN4O3/c16-11(9-5-2-1-3-6-9)14(21)20-8-4-7-10(20)12-13(15(22)23)18-19-17-12/h9-11H,1-8H2,(H,22,23)(H,17,18,19). The molecule has 0 radical (unpaired) electrons. The van der Waals surface area contributed by atoms with Gasteiger partial charge in [-0.25, -0.2) is 9.18 Å². The molecule has 1 amide bonds. The number of hydrogen-bond donors (Lipinski definition) is 2. The number of aromatic carboxylic acids is 1. The van der Waals surface area contributed by atoms with E-state index >= 15 is 0 Å². The minimum Gasteiger partial charge on any atom is -0.476 e. The molecule has 8 heteroatoms. The molecule has 2 heterocycles. The quantitative estimate of drug-likeness (QED) is 0.883. The summed E-state index contributed by atoms with van der Waals surface area (Å²) in [6.45, 7) is 0.433. The van der Waals surface area contributed by atoms with Crippen molar-refractivity contribution in [1.29, 1.82) is 0 Å². The molecule has 2 atom stereocenters. The van der Waals surface area contributed by atoms with E-state index in [2.05, 4.69) is 15.4 Å². The highest BCUT2D eigenvalue weighted by Gasteiger charge is 2.40. The van der Waals surface area contributed by atoms with E-state index in [9.17, 15) is 14.0 Å². The van der Waals surface area contributed by atoms with Gasteiger partial charge < -0.3 is 10.0 Å². The smallest absolute Gasteiger partial charge is 0.358 e. The molecular formula is C15H21FN4O3. The van der Waals surface area contributed by atoms with Gasteiger partial charge in [-0.2, -0.15) is 10.3 Å². The number of amides is 1.